The van der Waals surface area contributed by atoms with E-state index in [4.69, 9.17) is 9.15 Å². The van der Waals surface area contributed by atoms with Crippen LogP contribution in [-0.2, 0) is 11.3 Å². The van der Waals surface area contributed by atoms with Crippen molar-refractivity contribution in [2.45, 2.75) is 19.5 Å². The minimum absolute atomic E-state index is 0.330. The molecule has 1 aliphatic heterocycles. The van der Waals surface area contributed by atoms with Crippen LogP contribution in [0.3, 0.4) is 0 Å². The Balaban J connectivity index is 1.44. The lowest BCUT2D eigenvalue weighted by molar-refractivity contribution is 0.0161. The Labute approximate surface area is 159 Å². The molecule has 0 radical (unpaired) electrons. The summed E-state index contributed by atoms with van der Waals surface area (Å²) in [6.07, 6.45) is 1.87. The van der Waals surface area contributed by atoms with Gasteiger partial charge >= 0.3 is 0 Å². The zero-order valence-corrected chi connectivity index (χ0v) is 15.6. The predicted octanol–water partition coefficient (Wildman–Crippen LogP) is 3.14. The van der Waals surface area contributed by atoms with E-state index in [-0.39, 0.29) is 0 Å². The predicted molar refractivity (Wildman–Crippen MR) is 104 cm³/mol. The summed E-state index contributed by atoms with van der Waals surface area (Å²) >= 11 is 0. The van der Waals surface area contributed by atoms with Crippen molar-refractivity contribution in [3.8, 4) is 11.5 Å². The van der Waals surface area contributed by atoms with Gasteiger partial charge in [-0.2, -0.15) is 5.10 Å². The van der Waals surface area contributed by atoms with Crippen LogP contribution in [0.5, 0.6) is 0 Å². The number of aromatic amines is 1. The number of aromatic nitrogens is 2. The lowest BCUT2D eigenvalue weighted by Gasteiger charge is -2.35. The zero-order chi connectivity index (χ0) is 18.5. The van der Waals surface area contributed by atoms with Gasteiger partial charge in [0, 0.05) is 37.8 Å². The Morgan fingerprint density at radius 2 is 1.96 bits per heavy atom. The standard InChI is InChI=1S/C21H26N4O2/c1-16-7-8-20(27-16)21-18(14-23-24-21)13-22-15-19(17-5-3-2-4-6-17)25-9-11-26-12-10-25/h2-8,14,19,22H,9-13,15H2,1H3,(H,23,24). The molecule has 2 N–H and O–H groups in total. The molecule has 1 unspecified atom stereocenters. The molecular formula is C21H26N4O2. The number of hydrogen-bond acceptors (Lipinski definition) is 5. The Hall–Kier alpha value is -2.41. The molecular weight excluding hydrogens is 340 g/mol. The third-order valence-corrected chi connectivity index (χ3v) is 5.03. The SMILES string of the molecule is Cc1ccc(-c2[nH]ncc2CNCC(c2ccccc2)N2CCOCC2)o1. The first-order valence-corrected chi connectivity index (χ1v) is 9.48. The van der Waals surface area contributed by atoms with Crippen LogP contribution in [0.2, 0.25) is 0 Å². The average Bonchev–Trinajstić information content (AvgIpc) is 3.35. The number of hydrogen-bond donors (Lipinski definition) is 2. The molecule has 0 amide bonds. The molecule has 0 spiro atoms. The first-order chi connectivity index (χ1) is 13.3. The minimum Gasteiger partial charge on any atom is -0.460 e. The largest absolute Gasteiger partial charge is 0.460 e. The van der Waals surface area contributed by atoms with Gasteiger partial charge in [-0.05, 0) is 24.6 Å². The summed E-state index contributed by atoms with van der Waals surface area (Å²) in [7, 11) is 0. The van der Waals surface area contributed by atoms with Crippen LogP contribution in [0.4, 0.5) is 0 Å². The van der Waals surface area contributed by atoms with E-state index in [9.17, 15) is 0 Å². The number of benzene rings is 1. The van der Waals surface area contributed by atoms with Gasteiger partial charge in [0.2, 0.25) is 0 Å². The van der Waals surface area contributed by atoms with Crippen molar-refractivity contribution in [3.63, 3.8) is 0 Å². The Kier molecular flexibility index (Phi) is 5.67. The van der Waals surface area contributed by atoms with Crippen molar-refractivity contribution < 1.29 is 9.15 Å². The van der Waals surface area contributed by atoms with E-state index in [2.05, 4.69) is 50.7 Å². The normalized spacial score (nSPS) is 16.5. The van der Waals surface area contributed by atoms with Crippen LogP contribution in [0.1, 0.15) is 22.9 Å². The molecule has 2 aromatic heterocycles. The highest BCUT2D eigenvalue weighted by Crippen LogP contribution is 2.24. The van der Waals surface area contributed by atoms with Gasteiger partial charge in [-0.3, -0.25) is 10.00 Å². The Bertz CT molecular complexity index is 837. The summed E-state index contributed by atoms with van der Waals surface area (Å²) in [5.41, 5.74) is 3.39. The molecule has 0 bridgehead atoms. The number of furan rings is 1. The van der Waals surface area contributed by atoms with Crippen molar-refractivity contribution in [1.29, 1.82) is 0 Å². The summed E-state index contributed by atoms with van der Waals surface area (Å²) in [6.45, 7) is 7.07. The zero-order valence-electron chi connectivity index (χ0n) is 15.6. The van der Waals surface area contributed by atoms with Gasteiger partial charge in [-0.1, -0.05) is 30.3 Å². The molecule has 1 atom stereocenters. The number of morpholine rings is 1. The molecule has 0 aliphatic carbocycles. The smallest absolute Gasteiger partial charge is 0.152 e. The molecule has 1 aromatic carbocycles. The van der Waals surface area contributed by atoms with Crippen LogP contribution in [0.15, 0.2) is 53.1 Å². The topological polar surface area (TPSA) is 66.3 Å². The van der Waals surface area contributed by atoms with Crippen molar-refractivity contribution in [3.05, 3.63) is 65.5 Å². The fourth-order valence-electron chi connectivity index (χ4n) is 3.59. The molecule has 3 heterocycles. The fraction of sp³-hybridized carbons (Fsp3) is 0.381. The van der Waals surface area contributed by atoms with E-state index in [1.807, 2.05) is 25.3 Å². The highest BCUT2D eigenvalue weighted by molar-refractivity contribution is 5.56. The second-order valence-corrected chi connectivity index (χ2v) is 6.89. The maximum Gasteiger partial charge on any atom is 0.152 e. The van der Waals surface area contributed by atoms with Crippen molar-refractivity contribution >= 4 is 0 Å². The van der Waals surface area contributed by atoms with Crippen molar-refractivity contribution in [2.75, 3.05) is 32.8 Å². The monoisotopic (exact) mass is 366 g/mol. The van der Waals surface area contributed by atoms with E-state index < -0.39 is 0 Å². The van der Waals surface area contributed by atoms with Crippen LogP contribution >= 0.6 is 0 Å². The van der Waals surface area contributed by atoms with Gasteiger partial charge in [0.1, 0.15) is 11.5 Å². The third-order valence-electron chi connectivity index (χ3n) is 5.03. The maximum atomic E-state index is 5.74. The van der Waals surface area contributed by atoms with Gasteiger partial charge < -0.3 is 14.5 Å². The average molecular weight is 366 g/mol. The van der Waals surface area contributed by atoms with E-state index in [1.165, 1.54) is 5.56 Å². The Morgan fingerprint density at radius 1 is 1.15 bits per heavy atom. The fourth-order valence-corrected chi connectivity index (χ4v) is 3.59. The number of H-pyrrole nitrogens is 1. The molecule has 142 valence electrons. The highest BCUT2D eigenvalue weighted by Gasteiger charge is 2.22. The summed E-state index contributed by atoms with van der Waals surface area (Å²) in [6, 6.07) is 15.0. The number of ether oxygens (including phenoxy) is 1. The van der Waals surface area contributed by atoms with Crippen LogP contribution < -0.4 is 5.32 Å². The van der Waals surface area contributed by atoms with E-state index in [0.717, 1.165) is 62.2 Å². The van der Waals surface area contributed by atoms with Crippen LogP contribution in [-0.4, -0.2) is 47.9 Å². The second kappa shape index (κ2) is 8.52. The number of nitrogens with one attached hydrogen (secondary N) is 2. The van der Waals surface area contributed by atoms with E-state index in [0.29, 0.717) is 6.04 Å². The van der Waals surface area contributed by atoms with Gasteiger partial charge in [-0.15, -0.1) is 0 Å². The van der Waals surface area contributed by atoms with Gasteiger partial charge in [0.05, 0.1) is 19.4 Å². The van der Waals surface area contributed by atoms with E-state index >= 15 is 0 Å². The lowest BCUT2D eigenvalue weighted by Crippen LogP contribution is -2.42. The number of nitrogens with zero attached hydrogens (tertiary/aromatic N) is 2. The highest BCUT2D eigenvalue weighted by atomic mass is 16.5. The second-order valence-electron chi connectivity index (χ2n) is 6.89. The number of aryl methyl sites for hydroxylation is 1. The van der Waals surface area contributed by atoms with Crippen molar-refractivity contribution in [2.24, 2.45) is 0 Å². The van der Waals surface area contributed by atoms with Crippen LogP contribution in [0.25, 0.3) is 11.5 Å². The summed E-state index contributed by atoms with van der Waals surface area (Å²) < 4.78 is 11.3. The summed E-state index contributed by atoms with van der Waals surface area (Å²) in [5, 5.41) is 10.9. The van der Waals surface area contributed by atoms with Gasteiger partial charge in [0.15, 0.2) is 5.76 Å². The molecule has 6 nitrogen and oxygen atoms in total. The molecule has 1 saturated heterocycles. The lowest BCUT2D eigenvalue weighted by atomic mass is 10.0. The summed E-state index contributed by atoms with van der Waals surface area (Å²) in [4.78, 5) is 2.50. The quantitative estimate of drug-likeness (QED) is 0.672. The Morgan fingerprint density at radius 3 is 2.70 bits per heavy atom. The van der Waals surface area contributed by atoms with Gasteiger partial charge in [-0.25, -0.2) is 0 Å². The molecule has 4 rings (SSSR count). The molecule has 0 saturated carbocycles. The third kappa shape index (κ3) is 4.30. The maximum absolute atomic E-state index is 5.74. The minimum atomic E-state index is 0.330. The molecule has 1 aliphatic rings. The first-order valence-electron chi connectivity index (χ1n) is 9.48. The molecule has 1 fully saturated rings. The molecule has 3 aromatic rings. The van der Waals surface area contributed by atoms with E-state index in [1.54, 1.807) is 0 Å². The number of rotatable bonds is 7. The first kappa shape index (κ1) is 18.0. The molecule has 6 heteroatoms. The van der Waals surface area contributed by atoms with Crippen molar-refractivity contribution in [1.82, 2.24) is 20.4 Å². The molecule has 27 heavy (non-hydrogen) atoms. The van der Waals surface area contributed by atoms with Crippen LogP contribution in [0, 0.1) is 6.92 Å². The van der Waals surface area contributed by atoms with Gasteiger partial charge in [0.25, 0.3) is 0 Å². The summed E-state index contributed by atoms with van der Waals surface area (Å²) in [5.74, 6) is 1.73.